The predicted molar refractivity (Wildman–Crippen MR) is 98.1 cm³/mol. The average Bonchev–Trinajstić information content (AvgIpc) is 2.53. The molecule has 1 rings (SSSR count). The number of benzene rings is 1. The highest BCUT2D eigenvalue weighted by Gasteiger charge is 2.12. The van der Waals surface area contributed by atoms with E-state index in [2.05, 4.69) is 26.0 Å². The molecule has 0 aliphatic heterocycles. The Hall–Kier alpha value is -0.353. The second-order valence-electron chi connectivity index (χ2n) is 5.75. The summed E-state index contributed by atoms with van der Waals surface area (Å²) in [7, 11) is -1.45. The molecule has 1 aromatic carbocycles. The van der Waals surface area contributed by atoms with Crippen LogP contribution in [0.4, 0.5) is 0 Å². The molecule has 126 valence electrons. The first-order valence-electron chi connectivity index (χ1n) is 8.74. The molecule has 0 radical (unpaired) electrons. The first kappa shape index (κ1) is 19.7. The summed E-state index contributed by atoms with van der Waals surface area (Å²) in [6.07, 6.45) is 8.16. The summed E-state index contributed by atoms with van der Waals surface area (Å²) in [5.74, 6) is 0. The maximum atomic E-state index is 6.00. The molecule has 0 unspecified atom stereocenters. The monoisotopic (exact) mass is 342 g/mol. The Morgan fingerprint density at radius 2 is 1.45 bits per heavy atom. The van der Waals surface area contributed by atoms with Crippen LogP contribution in [0.15, 0.2) is 24.3 Å². The summed E-state index contributed by atoms with van der Waals surface area (Å²) in [6, 6.07) is 9.30. The van der Waals surface area contributed by atoms with Crippen LogP contribution in [0.25, 0.3) is 0 Å². The van der Waals surface area contributed by atoms with Gasteiger partial charge in [-0.2, -0.15) is 0 Å². The van der Waals surface area contributed by atoms with Crippen molar-refractivity contribution >= 4 is 20.9 Å². The standard InChI is InChI=1S/C18H31ClO2Si/c1-3-5-14-20-22(21-15-6-4-2)16-8-7-9-17-10-12-18(19)13-11-17/h10-13,22H,3-9,14-16H2,1-2H3. The van der Waals surface area contributed by atoms with E-state index < -0.39 is 9.28 Å². The van der Waals surface area contributed by atoms with Crippen LogP contribution in [0.2, 0.25) is 11.1 Å². The highest BCUT2D eigenvalue weighted by Crippen LogP contribution is 2.13. The second-order valence-corrected chi connectivity index (χ2v) is 8.29. The molecule has 22 heavy (non-hydrogen) atoms. The van der Waals surface area contributed by atoms with Crippen molar-refractivity contribution in [3.8, 4) is 0 Å². The molecule has 0 aliphatic rings. The van der Waals surface area contributed by atoms with Crippen molar-refractivity contribution in [2.45, 2.75) is 64.8 Å². The fourth-order valence-electron chi connectivity index (χ4n) is 2.22. The second kappa shape index (κ2) is 13.1. The number of rotatable bonds is 13. The molecule has 0 heterocycles. The summed E-state index contributed by atoms with van der Waals surface area (Å²) in [5, 5.41) is 0.810. The third-order valence-electron chi connectivity index (χ3n) is 3.67. The molecule has 4 heteroatoms. The molecule has 0 bridgehead atoms. The lowest BCUT2D eigenvalue weighted by atomic mass is 10.1. The number of hydrogen-bond acceptors (Lipinski definition) is 2. The lowest BCUT2D eigenvalue weighted by Gasteiger charge is -2.16. The van der Waals surface area contributed by atoms with Gasteiger partial charge in [0.05, 0.1) is 0 Å². The normalized spacial score (nSPS) is 11.3. The van der Waals surface area contributed by atoms with Gasteiger partial charge in [0.15, 0.2) is 0 Å². The molecular formula is C18H31ClO2Si. The zero-order valence-electron chi connectivity index (χ0n) is 14.2. The summed E-state index contributed by atoms with van der Waals surface area (Å²) in [4.78, 5) is 0. The molecule has 0 atom stereocenters. The minimum atomic E-state index is -1.45. The average molecular weight is 343 g/mol. The molecule has 0 spiro atoms. The maximum absolute atomic E-state index is 6.00. The van der Waals surface area contributed by atoms with Crippen LogP contribution in [0.5, 0.6) is 0 Å². The van der Waals surface area contributed by atoms with Crippen molar-refractivity contribution in [3.05, 3.63) is 34.9 Å². The minimum Gasteiger partial charge on any atom is -0.397 e. The Morgan fingerprint density at radius 3 is 2.00 bits per heavy atom. The highest BCUT2D eigenvalue weighted by molar-refractivity contribution is 6.44. The van der Waals surface area contributed by atoms with Crippen LogP contribution in [0, 0.1) is 0 Å². The van der Waals surface area contributed by atoms with E-state index in [1.54, 1.807) is 0 Å². The molecule has 2 nitrogen and oxygen atoms in total. The van der Waals surface area contributed by atoms with E-state index in [-0.39, 0.29) is 0 Å². The molecule has 0 aromatic heterocycles. The van der Waals surface area contributed by atoms with E-state index >= 15 is 0 Å². The van der Waals surface area contributed by atoms with E-state index in [1.165, 1.54) is 31.2 Å². The first-order valence-corrected chi connectivity index (χ1v) is 10.9. The predicted octanol–water partition coefficient (Wildman–Crippen LogP) is 5.52. The Bertz CT molecular complexity index is 360. The van der Waals surface area contributed by atoms with Crippen molar-refractivity contribution in [2.24, 2.45) is 0 Å². The zero-order chi connectivity index (χ0) is 16.0. The molecular weight excluding hydrogens is 312 g/mol. The fourth-order valence-corrected chi connectivity index (χ4v) is 4.26. The largest absolute Gasteiger partial charge is 0.397 e. The Labute approximate surface area is 143 Å². The zero-order valence-corrected chi connectivity index (χ0v) is 16.1. The van der Waals surface area contributed by atoms with E-state index in [0.29, 0.717) is 0 Å². The van der Waals surface area contributed by atoms with E-state index in [9.17, 15) is 0 Å². The third kappa shape index (κ3) is 9.62. The van der Waals surface area contributed by atoms with Crippen molar-refractivity contribution in [1.82, 2.24) is 0 Å². The first-order chi connectivity index (χ1) is 10.8. The molecule has 0 N–H and O–H groups in total. The molecule has 1 aromatic rings. The highest BCUT2D eigenvalue weighted by atomic mass is 35.5. The Morgan fingerprint density at radius 1 is 0.864 bits per heavy atom. The Kier molecular flexibility index (Phi) is 11.7. The van der Waals surface area contributed by atoms with Gasteiger partial charge >= 0.3 is 9.28 Å². The summed E-state index contributed by atoms with van der Waals surface area (Å²) >= 11 is 5.91. The van der Waals surface area contributed by atoms with Gasteiger partial charge < -0.3 is 8.85 Å². The van der Waals surface area contributed by atoms with Crippen LogP contribution in [0.3, 0.4) is 0 Å². The van der Waals surface area contributed by atoms with Crippen molar-refractivity contribution in [2.75, 3.05) is 13.2 Å². The third-order valence-corrected chi connectivity index (χ3v) is 6.02. The molecule has 0 amide bonds. The van der Waals surface area contributed by atoms with Crippen LogP contribution >= 0.6 is 11.6 Å². The summed E-state index contributed by atoms with van der Waals surface area (Å²) in [5.41, 5.74) is 1.36. The number of hydrogen-bond donors (Lipinski definition) is 0. The smallest absolute Gasteiger partial charge is 0.321 e. The van der Waals surface area contributed by atoms with Gasteiger partial charge in [0, 0.05) is 18.2 Å². The van der Waals surface area contributed by atoms with Gasteiger partial charge in [-0.05, 0) is 49.4 Å². The topological polar surface area (TPSA) is 18.5 Å². The fraction of sp³-hybridized carbons (Fsp3) is 0.667. The van der Waals surface area contributed by atoms with E-state index in [1.807, 2.05) is 12.1 Å². The van der Waals surface area contributed by atoms with E-state index in [0.717, 1.165) is 43.5 Å². The van der Waals surface area contributed by atoms with Gasteiger partial charge in [-0.15, -0.1) is 0 Å². The van der Waals surface area contributed by atoms with E-state index in [4.69, 9.17) is 20.5 Å². The van der Waals surface area contributed by atoms with Crippen molar-refractivity contribution in [3.63, 3.8) is 0 Å². The minimum absolute atomic E-state index is 0.810. The van der Waals surface area contributed by atoms with Gasteiger partial charge in [-0.3, -0.25) is 0 Å². The van der Waals surface area contributed by atoms with Crippen molar-refractivity contribution in [1.29, 1.82) is 0 Å². The Balaban J connectivity index is 2.21. The van der Waals surface area contributed by atoms with Gasteiger partial charge in [0.2, 0.25) is 0 Å². The lowest BCUT2D eigenvalue weighted by molar-refractivity contribution is 0.190. The quantitative estimate of drug-likeness (QED) is 0.347. The number of unbranched alkanes of at least 4 members (excludes halogenated alkanes) is 3. The van der Waals surface area contributed by atoms with Crippen LogP contribution in [-0.4, -0.2) is 22.5 Å². The maximum Gasteiger partial charge on any atom is 0.321 e. The number of halogens is 1. The van der Waals surface area contributed by atoms with Gasteiger partial charge in [0.25, 0.3) is 0 Å². The SMILES string of the molecule is CCCCO[SiH](CCCCc1ccc(Cl)cc1)OCCCC. The molecule has 0 saturated carbocycles. The molecule has 0 saturated heterocycles. The van der Waals surface area contributed by atoms with Crippen LogP contribution in [-0.2, 0) is 15.3 Å². The summed E-state index contributed by atoms with van der Waals surface area (Å²) in [6.45, 7) is 6.14. The summed E-state index contributed by atoms with van der Waals surface area (Å²) < 4.78 is 12.0. The van der Waals surface area contributed by atoms with Crippen molar-refractivity contribution < 1.29 is 8.85 Å². The van der Waals surface area contributed by atoms with Gasteiger partial charge in [-0.1, -0.05) is 56.8 Å². The molecule has 0 fully saturated rings. The van der Waals surface area contributed by atoms with Gasteiger partial charge in [0.1, 0.15) is 0 Å². The van der Waals surface area contributed by atoms with Gasteiger partial charge in [-0.25, -0.2) is 0 Å². The van der Waals surface area contributed by atoms with Crippen LogP contribution < -0.4 is 0 Å². The lowest BCUT2D eigenvalue weighted by Crippen LogP contribution is -2.24. The van der Waals surface area contributed by atoms with Crippen LogP contribution in [0.1, 0.15) is 57.9 Å². The number of aryl methyl sites for hydroxylation is 1. The molecule has 0 aliphatic carbocycles.